The van der Waals surface area contributed by atoms with Gasteiger partial charge in [0.2, 0.25) is 5.95 Å². The number of aromatic nitrogens is 1. The second-order valence-corrected chi connectivity index (χ2v) is 3.17. The Hall–Kier alpha value is -1.22. The zero-order chi connectivity index (χ0) is 8.39. The van der Waals surface area contributed by atoms with Gasteiger partial charge in [-0.05, 0) is 24.3 Å². The lowest BCUT2D eigenvalue weighted by molar-refractivity contribution is 0.584. The largest absolute Gasteiger partial charge is 0.228 e. The Morgan fingerprint density at radius 1 is 1.33 bits per heavy atom. The fourth-order valence-corrected chi connectivity index (χ4v) is 1.56. The zero-order valence-corrected chi connectivity index (χ0v) is 6.94. The first kappa shape index (κ1) is 7.43. The molecule has 0 amide bonds. The molecular weight excluding hydrogens is 173 g/mol. The maximum Gasteiger partial charge on any atom is 0.212 e. The molecule has 59 valence electrons. The minimum absolute atomic E-state index is 0.445. The summed E-state index contributed by atoms with van der Waals surface area (Å²) < 4.78 is 12.4. The Kier molecular flexibility index (Phi) is 1.87. The summed E-state index contributed by atoms with van der Waals surface area (Å²) in [5.74, 6) is -0.445. The molecule has 1 nitrogen and oxygen atoms in total. The molecule has 0 spiro atoms. The number of nitrogens with zero attached hydrogens (tertiary/aromatic N) is 1. The van der Waals surface area contributed by atoms with Crippen LogP contribution in [-0.4, -0.2) is 4.98 Å². The zero-order valence-electron chi connectivity index (χ0n) is 6.12. The van der Waals surface area contributed by atoms with Gasteiger partial charge in [0, 0.05) is 22.0 Å². The third kappa shape index (κ3) is 1.36. The summed E-state index contributed by atoms with van der Waals surface area (Å²) in [5, 5.41) is 2.96. The van der Waals surface area contributed by atoms with Crippen LogP contribution in [-0.2, 0) is 0 Å². The van der Waals surface area contributed by atoms with Crippen molar-refractivity contribution in [2.75, 3.05) is 0 Å². The minimum Gasteiger partial charge on any atom is -0.228 e. The van der Waals surface area contributed by atoms with Crippen LogP contribution in [0.2, 0.25) is 0 Å². The minimum atomic E-state index is -0.445. The smallest absolute Gasteiger partial charge is 0.212 e. The lowest BCUT2D eigenvalue weighted by Crippen LogP contribution is -1.80. The van der Waals surface area contributed by atoms with Crippen LogP contribution < -0.4 is 0 Å². The van der Waals surface area contributed by atoms with E-state index in [0.29, 0.717) is 0 Å². The van der Waals surface area contributed by atoms with Crippen LogP contribution in [0.25, 0.3) is 10.4 Å². The summed E-state index contributed by atoms with van der Waals surface area (Å²) in [6.07, 6.45) is 1.52. The van der Waals surface area contributed by atoms with Crippen LogP contribution in [0.4, 0.5) is 4.39 Å². The molecule has 0 aliphatic heterocycles. The topological polar surface area (TPSA) is 12.9 Å². The van der Waals surface area contributed by atoms with Crippen LogP contribution in [0.15, 0.2) is 30.5 Å². The van der Waals surface area contributed by atoms with E-state index >= 15 is 0 Å². The Labute approximate surface area is 73.5 Å². The molecule has 0 aliphatic carbocycles. The Balaban J connectivity index is 2.43. The van der Waals surface area contributed by atoms with Crippen LogP contribution in [0, 0.1) is 11.3 Å². The quantitative estimate of drug-likeness (QED) is 0.612. The molecule has 3 heteroatoms. The van der Waals surface area contributed by atoms with Gasteiger partial charge in [-0.1, -0.05) is 0 Å². The molecule has 0 atom stereocenters. The monoisotopic (exact) mass is 178 g/mol. The van der Waals surface area contributed by atoms with Crippen molar-refractivity contribution in [2.45, 2.75) is 0 Å². The number of hydrogen-bond donors (Lipinski definition) is 0. The van der Waals surface area contributed by atoms with Gasteiger partial charge in [-0.15, -0.1) is 11.3 Å². The normalized spacial score (nSPS) is 10.1. The molecular formula is C9H5FNS. The average Bonchev–Trinajstić information content (AvgIpc) is 2.58. The Bertz CT molecular complexity index is 353. The lowest BCUT2D eigenvalue weighted by Gasteiger charge is -1.94. The van der Waals surface area contributed by atoms with E-state index in [2.05, 4.69) is 10.4 Å². The van der Waals surface area contributed by atoms with E-state index in [1.165, 1.54) is 23.6 Å². The molecule has 2 aromatic rings. The van der Waals surface area contributed by atoms with Crippen molar-refractivity contribution in [2.24, 2.45) is 0 Å². The average molecular weight is 178 g/mol. The fourth-order valence-electron chi connectivity index (χ4n) is 0.918. The molecule has 0 saturated heterocycles. The highest BCUT2D eigenvalue weighted by atomic mass is 32.1. The maximum absolute atomic E-state index is 12.4. The summed E-state index contributed by atoms with van der Waals surface area (Å²) in [7, 11) is 0. The van der Waals surface area contributed by atoms with Crippen molar-refractivity contribution in [1.82, 2.24) is 4.98 Å². The molecule has 12 heavy (non-hydrogen) atoms. The van der Waals surface area contributed by atoms with Crippen LogP contribution in [0.3, 0.4) is 0 Å². The second kappa shape index (κ2) is 3.03. The van der Waals surface area contributed by atoms with Crippen molar-refractivity contribution in [1.29, 1.82) is 0 Å². The number of rotatable bonds is 1. The molecule has 2 aromatic heterocycles. The highest BCUT2D eigenvalue weighted by molar-refractivity contribution is 7.13. The van der Waals surface area contributed by atoms with E-state index in [9.17, 15) is 4.39 Å². The Morgan fingerprint density at radius 3 is 2.83 bits per heavy atom. The van der Waals surface area contributed by atoms with E-state index in [1.54, 1.807) is 6.07 Å². The number of pyridine rings is 1. The van der Waals surface area contributed by atoms with Crippen LogP contribution in [0.1, 0.15) is 0 Å². The number of hydrogen-bond acceptors (Lipinski definition) is 2. The first-order valence-electron chi connectivity index (χ1n) is 3.44. The van der Waals surface area contributed by atoms with Crippen LogP contribution in [0.5, 0.6) is 0 Å². The van der Waals surface area contributed by atoms with Gasteiger partial charge in [0.25, 0.3) is 0 Å². The Morgan fingerprint density at radius 2 is 2.25 bits per heavy atom. The third-order valence-electron chi connectivity index (χ3n) is 1.48. The fraction of sp³-hybridized carbons (Fsp3) is 0. The summed E-state index contributed by atoms with van der Waals surface area (Å²) >= 11 is 1.49. The molecule has 0 aliphatic rings. The van der Waals surface area contributed by atoms with Gasteiger partial charge in [-0.3, -0.25) is 0 Å². The predicted octanol–water partition coefficient (Wildman–Crippen LogP) is 2.75. The van der Waals surface area contributed by atoms with Crippen molar-refractivity contribution in [3.05, 3.63) is 41.8 Å². The molecule has 0 saturated carbocycles. The summed E-state index contributed by atoms with van der Waals surface area (Å²) in [5.41, 5.74) is 0.933. The number of thiophene rings is 1. The lowest BCUT2D eigenvalue weighted by atomic mass is 10.2. The van der Waals surface area contributed by atoms with Gasteiger partial charge in [0.1, 0.15) is 0 Å². The highest BCUT2D eigenvalue weighted by Crippen LogP contribution is 2.22. The van der Waals surface area contributed by atoms with E-state index in [-0.39, 0.29) is 0 Å². The van der Waals surface area contributed by atoms with E-state index < -0.39 is 5.95 Å². The third-order valence-corrected chi connectivity index (χ3v) is 2.33. The molecule has 0 bridgehead atoms. The molecule has 0 N–H and O–H groups in total. The highest BCUT2D eigenvalue weighted by Gasteiger charge is 1.98. The van der Waals surface area contributed by atoms with Gasteiger partial charge < -0.3 is 0 Å². The van der Waals surface area contributed by atoms with Gasteiger partial charge in [-0.25, -0.2) is 4.98 Å². The summed E-state index contributed by atoms with van der Waals surface area (Å²) in [6, 6.07) is 6.83. The molecule has 0 aromatic carbocycles. The summed E-state index contributed by atoms with van der Waals surface area (Å²) in [6.45, 7) is 0. The van der Waals surface area contributed by atoms with E-state index in [4.69, 9.17) is 0 Å². The number of halogens is 1. The standard InChI is InChI=1S/C9H5FNS/c10-9-4-3-7(6-11-9)8-2-1-5-12-8/h1-4,6H. The van der Waals surface area contributed by atoms with Crippen molar-refractivity contribution in [3.63, 3.8) is 0 Å². The molecule has 1 radical (unpaired) electrons. The van der Waals surface area contributed by atoms with E-state index in [1.807, 2.05) is 12.1 Å². The SMILES string of the molecule is Fc1ccc(-c2cc[c]s2)cn1. The maximum atomic E-state index is 12.4. The van der Waals surface area contributed by atoms with E-state index in [0.717, 1.165) is 10.4 Å². The van der Waals surface area contributed by atoms with Crippen molar-refractivity contribution >= 4 is 11.3 Å². The van der Waals surface area contributed by atoms with Gasteiger partial charge in [0.05, 0.1) is 0 Å². The van der Waals surface area contributed by atoms with Gasteiger partial charge >= 0.3 is 0 Å². The second-order valence-electron chi connectivity index (χ2n) is 2.29. The summed E-state index contributed by atoms with van der Waals surface area (Å²) in [4.78, 5) is 4.62. The predicted molar refractivity (Wildman–Crippen MR) is 46.3 cm³/mol. The first-order chi connectivity index (χ1) is 5.86. The van der Waals surface area contributed by atoms with Crippen molar-refractivity contribution < 1.29 is 4.39 Å². The van der Waals surface area contributed by atoms with Crippen LogP contribution >= 0.6 is 11.3 Å². The molecule has 0 fully saturated rings. The van der Waals surface area contributed by atoms with Gasteiger partial charge in [0.15, 0.2) is 0 Å². The first-order valence-corrected chi connectivity index (χ1v) is 4.26. The molecule has 0 unspecified atom stereocenters. The van der Waals surface area contributed by atoms with Gasteiger partial charge in [-0.2, -0.15) is 4.39 Å². The molecule has 2 heterocycles. The van der Waals surface area contributed by atoms with Crippen molar-refractivity contribution in [3.8, 4) is 10.4 Å². The molecule has 2 rings (SSSR count).